The molecule has 2 heterocycles. The van der Waals surface area contributed by atoms with Gasteiger partial charge < -0.3 is 4.57 Å². The van der Waals surface area contributed by atoms with Gasteiger partial charge in [-0.2, -0.15) is 0 Å². The van der Waals surface area contributed by atoms with Crippen LogP contribution in [-0.2, 0) is 0 Å². The molecule has 0 saturated heterocycles. The van der Waals surface area contributed by atoms with Gasteiger partial charge in [-0.1, -0.05) is 0 Å². The summed E-state index contributed by atoms with van der Waals surface area (Å²) in [5, 5.41) is 3.44. The molecule has 96 valence electrons. The molecular weight excluding hydrogens is 314 g/mol. The fraction of sp³-hybridized carbons (Fsp3) is 0.333. The number of nitrogens with one attached hydrogen (secondary N) is 1. The molecule has 2 aromatic heterocycles. The number of carbonyl (C=O) groups excluding carboxylic acids is 1. The first-order valence-electron chi connectivity index (χ1n) is 5.58. The van der Waals surface area contributed by atoms with E-state index in [2.05, 4.69) is 26.2 Å². The first kappa shape index (κ1) is 13.3. The van der Waals surface area contributed by atoms with Crippen LogP contribution in [0, 0.1) is 6.92 Å². The Morgan fingerprint density at radius 1 is 1.56 bits per heavy atom. The van der Waals surface area contributed by atoms with Gasteiger partial charge in [0.25, 0.3) is 5.91 Å². The van der Waals surface area contributed by atoms with Crippen LogP contribution >= 0.6 is 27.3 Å². The van der Waals surface area contributed by atoms with Gasteiger partial charge >= 0.3 is 0 Å². The maximum absolute atomic E-state index is 12.2. The van der Waals surface area contributed by atoms with Crippen molar-refractivity contribution in [3.8, 4) is 0 Å². The molecule has 2 rings (SSSR count). The summed E-state index contributed by atoms with van der Waals surface area (Å²) < 4.78 is 2.83. The molecule has 4 nitrogen and oxygen atoms in total. The number of halogens is 1. The third-order valence-corrected chi connectivity index (χ3v) is 3.71. The minimum atomic E-state index is -0.135. The molecule has 1 amide bonds. The highest BCUT2D eigenvalue weighted by Crippen LogP contribution is 2.22. The smallest absolute Gasteiger partial charge is 0.274 e. The highest BCUT2D eigenvalue weighted by atomic mass is 79.9. The summed E-state index contributed by atoms with van der Waals surface area (Å²) in [4.78, 5) is 17.4. The van der Waals surface area contributed by atoms with E-state index in [0.29, 0.717) is 10.8 Å². The van der Waals surface area contributed by atoms with Gasteiger partial charge in [0.2, 0.25) is 0 Å². The molecule has 18 heavy (non-hydrogen) atoms. The number of anilines is 1. The number of thiazole rings is 1. The van der Waals surface area contributed by atoms with Gasteiger partial charge in [-0.25, -0.2) is 4.98 Å². The summed E-state index contributed by atoms with van der Waals surface area (Å²) in [6.07, 6.45) is 3.66. The molecule has 0 aliphatic carbocycles. The first-order valence-corrected chi connectivity index (χ1v) is 7.19. The molecule has 0 radical (unpaired) electrons. The van der Waals surface area contributed by atoms with Gasteiger partial charge in [0.1, 0.15) is 5.69 Å². The minimum absolute atomic E-state index is 0.135. The number of hydrogen-bond donors (Lipinski definition) is 1. The van der Waals surface area contributed by atoms with Gasteiger partial charge in [0.15, 0.2) is 5.13 Å². The fourth-order valence-electron chi connectivity index (χ4n) is 1.63. The zero-order valence-corrected chi connectivity index (χ0v) is 12.8. The summed E-state index contributed by atoms with van der Waals surface area (Å²) >= 11 is 4.86. The molecule has 1 N–H and O–H groups in total. The fourth-order valence-corrected chi connectivity index (χ4v) is 2.73. The van der Waals surface area contributed by atoms with E-state index in [-0.39, 0.29) is 11.9 Å². The SMILES string of the molecule is Cc1cnc(NC(=O)c2cc(Br)cn2C(C)C)s1. The molecule has 0 aliphatic heterocycles. The van der Waals surface area contributed by atoms with Crippen molar-refractivity contribution in [2.45, 2.75) is 26.8 Å². The lowest BCUT2D eigenvalue weighted by Crippen LogP contribution is -2.17. The third-order valence-electron chi connectivity index (χ3n) is 2.45. The van der Waals surface area contributed by atoms with Crippen molar-refractivity contribution >= 4 is 38.3 Å². The van der Waals surface area contributed by atoms with Crippen LogP contribution in [0.2, 0.25) is 0 Å². The predicted octanol–water partition coefficient (Wildman–Crippen LogP) is 3.85. The third kappa shape index (κ3) is 2.81. The predicted molar refractivity (Wildman–Crippen MR) is 77.3 cm³/mol. The van der Waals surface area contributed by atoms with Gasteiger partial charge in [-0.05, 0) is 42.8 Å². The lowest BCUT2D eigenvalue weighted by atomic mass is 10.3. The molecule has 0 aromatic carbocycles. The zero-order valence-electron chi connectivity index (χ0n) is 10.4. The molecule has 0 saturated carbocycles. The van der Waals surface area contributed by atoms with Gasteiger partial charge in [0.05, 0.1) is 0 Å². The highest BCUT2D eigenvalue weighted by molar-refractivity contribution is 9.10. The summed E-state index contributed by atoms with van der Waals surface area (Å²) in [6.45, 7) is 6.04. The second kappa shape index (κ2) is 5.24. The molecule has 0 atom stereocenters. The summed E-state index contributed by atoms with van der Waals surface area (Å²) in [6, 6.07) is 2.05. The molecule has 0 unspecified atom stereocenters. The van der Waals surface area contributed by atoms with E-state index in [1.54, 1.807) is 6.20 Å². The average molecular weight is 328 g/mol. The van der Waals surface area contributed by atoms with Crippen LogP contribution in [-0.4, -0.2) is 15.5 Å². The standard InChI is InChI=1S/C12H14BrN3OS/c1-7(2)16-6-9(13)4-10(16)11(17)15-12-14-5-8(3)18-12/h4-7H,1-3H3,(H,14,15,17). The average Bonchev–Trinajstić information content (AvgIpc) is 2.85. The van der Waals surface area contributed by atoms with Crippen molar-refractivity contribution in [3.63, 3.8) is 0 Å². The van der Waals surface area contributed by atoms with Crippen molar-refractivity contribution in [1.29, 1.82) is 0 Å². The van der Waals surface area contributed by atoms with Crippen LogP contribution in [0.3, 0.4) is 0 Å². The molecular formula is C12H14BrN3OS. The molecule has 0 spiro atoms. The van der Waals surface area contributed by atoms with Gasteiger partial charge in [0, 0.05) is 27.8 Å². The quantitative estimate of drug-likeness (QED) is 0.930. The Morgan fingerprint density at radius 3 is 2.83 bits per heavy atom. The summed E-state index contributed by atoms with van der Waals surface area (Å²) in [7, 11) is 0. The number of aryl methyl sites for hydroxylation is 1. The van der Waals surface area contributed by atoms with E-state index in [9.17, 15) is 4.79 Å². The van der Waals surface area contributed by atoms with E-state index >= 15 is 0 Å². The zero-order chi connectivity index (χ0) is 13.3. The Kier molecular flexibility index (Phi) is 3.87. The number of hydrogen-bond acceptors (Lipinski definition) is 3. The van der Waals surface area contributed by atoms with Crippen molar-refractivity contribution in [1.82, 2.24) is 9.55 Å². The summed E-state index contributed by atoms with van der Waals surface area (Å²) in [5.74, 6) is -0.135. The topological polar surface area (TPSA) is 46.9 Å². The summed E-state index contributed by atoms with van der Waals surface area (Å²) in [5.41, 5.74) is 0.629. The van der Waals surface area contributed by atoms with Crippen LogP contribution < -0.4 is 5.32 Å². The van der Waals surface area contributed by atoms with Crippen molar-refractivity contribution < 1.29 is 4.79 Å². The minimum Gasteiger partial charge on any atom is -0.340 e. The Hall–Kier alpha value is -1.14. The molecule has 6 heteroatoms. The van der Waals surface area contributed by atoms with E-state index < -0.39 is 0 Å². The lowest BCUT2D eigenvalue weighted by Gasteiger charge is -2.11. The van der Waals surface area contributed by atoms with Crippen molar-refractivity contribution in [2.75, 3.05) is 5.32 Å². The second-order valence-corrected chi connectivity index (χ2v) is 6.43. The van der Waals surface area contributed by atoms with Crippen molar-refractivity contribution in [2.24, 2.45) is 0 Å². The molecule has 0 fully saturated rings. The van der Waals surface area contributed by atoms with Crippen LogP contribution in [0.1, 0.15) is 35.3 Å². The van der Waals surface area contributed by atoms with Gasteiger partial charge in [-0.15, -0.1) is 11.3 Å². The lowest BCUT2D eigenvalue weighted by molar-refractivity contribution is 0.101. The van der Waals surface area contributed by atoms with Crippen LogP contribution in [0.4, 0.5) is 5.13 Å². The molecule has 2 aromatic rings. The first-order chi connectivity index (χ1) is 8.47. The monoisotopic (exact) mass is 327 g/mol. The van der Waals surface area contributed by atoms with E-state index in [1.807, 2.05) is 37.6 Å². The van der Waals surface area contributed by atoms with Crippen LogP contribution in [0.15, 0.2) is 22.9 Å². The van der Waals surface area contributed by atoms with E-state index in [4.69, 9.17) is 0 Å². The number of rotatable bonds is 3. The van der Waals surface area contributed by atoms with Crippen LogP contribution in [0.25, 0.3) is 0 Å². The highest BCUT2D eigenvalue weighted by Gasteiger charge is 2.16. The van der Waals surface area contributed by atoms with E-state index in [1.165, 1.54) is 11.3 Å². The second-order valence-electron chi connectivity index (χ2n) is 4.27. The Bertz CT molecular complexity index is 574. The largest absolute Gasteiger partial charge is 0.340 e. The van der Waals surface area contributed by atoms with E-state index in [0.717, 1.165) is 9.35 Å². The molecule has 0 aliphatic rings. The molecule has 0 bridgehead atoms. The maximum Gasteiger partial charge on any atom is 0.274 e. The van der Waals surface area contributed by atoms with Crippen LogP contribution in [0.5, 0.6) is 0 Å². The Morgan fingerprint density at radius 2 is 2.28 bits per heavy atom. The number of nitrogens with zero attached hydrogens (tertiary/aromatic N) is 2. The number of aromatic nitrogens is 2. The maximum atomic E-state index is 12.2. The number of carbonyl (C=O) groups is 1. The normalized spacial score (nSPS) is 10.9. The Balaban J connectivity index is 2.23. The Labute approximate surface area is 118 Å². The van der Waals surface area contributed by atoms with Gasteiger partial charge in [-0.3, -0.25) is 10.1 Å². The van der Waals surface area contributed by atoms with Crippen molar-refractivity contribution in [3.05, 3.63) is 33.5 Å². The number of amides is 1.